The number of nitrogens with zero attached hydrogens (tertiary/aromatic N) is 1. The monoisotopic (exact) mass is 184 g/mol. The molecule has 1 fully saturated rings. The molecule has 3 heteroatoms. The summed E-state index contributed by atoms with van der Waals surface area (Å²) in [6, 6.07) is 0.181. The maximum Gasteiger partial charge on any atom is 0.227 e. The number of piperidine rings is 1. The van der Waals surface area contributed by atoms with Crippen molar-refractivity contribution in [2.75, 3.05) is 13.1 Å². The summed E-state index contributed by atoms with van der Waals surface area (Å²) >= 11 is 0. The fourth-order valence-electron chi connectivity index (χ4n) is 1.67. The average molecular weight is 184 g/mol. The van der Waals surface area contributed by atoms with Gasteiger partial charge < -0.3 is 10.6 Å². The number of likely N-dealkylation sites (tertiary alicyclic amines) is 1. The summed E-state index contributed by atoms with van der Waals surface area (Å²) < 4.78 is 0. The molecule has 1 saturated heterocycles. The number of nitrogens with two attached hydrogens (primary N) is 1. The van der Waals surface area contributed by atoms with E-state index in [1.165, 1.54) is 0 Å². The van der Waals surface area contributed by atoms with Crippen molar-refractivity contribution in [2.24, 2.45) is 11.1 Å². The van der Waals surface area contributed by atoms with Crippen LogP contribution in [0.3, 0.4) is 0 Å². The molecule has 0 aliphatic carbocycles. The van der Waals surface area contributed by atoms with Gasteiger partial charge in [0.15, 0.2) is 0 Å². The molecule has 1 amide bonds. The predicted octanol–water partition coefficient (Wildman–Crippen LogP) is 0.982. The number of carbonyl (C=O) groups is 1. The maximum atomic E-state index is 11.8. The fraction of sp³-hybridized carbons (Fsp3) is 0.900. The number of hydrogen-bond acceptors (Lipinski definition) is 2. The standard InChI is InChI=1S/C10H20N2O/c1-10(2,3)9(13)12-6-4-5-8(11)7-12/h8H,4-7,11H2,1-3H3/t8-/m1/s1. The van der Waals surface area contributed by atoms with E-state index < -0.39 is 0 Å². The van der Waals surface area contributed by atoms with Crippen LogP contribution in [0.4, 0.5) is 0 Å². The van der Waals surface area contributed by atoms with Gasteiger partial charge in [0.05, 0.1) is 0 Å². The molecule has 1 atom stereocenters. The highest BCUT2D eigenvalue weighted by Crippen LogP contribution is 2.20. The van der Waals surface area contributed by atoms with Gasteiger partial charge in [0.1, 0.15) is 0 Å². The van der Waals surface area contributed by atoms with Crippen molar-refractivity contribution >= 4 is 5.91 Å². The van der Waals surface area contributed by atoms with Gasteiger partial charge in [0, 0.05) is 24.5 Å². The molecule has 2 N–H and O–H groups in total. The Bertz CT molecular complexity index is 196. The van der Waals surface area contributed by atoms with Crippen molar-refractivity contribution in [3.63, 3.8) is 0 Å². The second kappa shape index (κ2) is 3.66. The normalized spacial score (nSPS) is 24.6. The first-order valence-electron chi connectivity index (χ1n) is 4.96. The molecule has 0 unspecified atom stereocenters. The SMILES string of the molecule is CC(C)(C)C(=O)N1CCC[C@@H](N)C1. The number of amides is 1. The van der Waals surface area contributed by atoms with Crippen LogP contribution in [0.2, 0.25) is 0 Å². The van der Waals surface area contributed by atoms with Crippen LogP contribution in [-0.4, -0.2) is 29.9 Å². The van der Waals surface area contributed by atoms with E-state index in [0.717, 1.165) is 25.9 Å². The van der Waals surface area contributed by atoms with Crippen molar-refractivity contribution in [1.82, 2.24) is 4.90 Å². The van der Waals surface area contributed by atoms with Gasteiger partial charge in [-0.25, -0.2) is 0 Å². The fourth-order valence-corrected chi connectivity index (χ4v) is 1.67. The molecule has 13 heavy (non-hydrogen) atoms. The van der Waals surface area contributed by atoms with Gasteiger partial charge in [-0.05, 0) is 12.8 Å². The van der Waals surface area contributed by atoms with Crippen LogP contribution in [0.1, 0.15) is 33.6 Å². The lowest BCUT2D eigenvalue weighted by Crippen LogP contribution is -2.49. The van der Waals surface area contributed by atoms with Crippen LogP contribution in [0.15, 0.2) is 0 Å². The van der Waals surface area contributed by atoms with Gasteiger partial charge in [-0.1, -0.05) is 20.8 Å². The summed E-state index contributed by atoms with van der Waals surface area (Å²) in [6.45, 7) is 7.47. The van der Waals surface area contributed by atoms with Gasteiger partial charge in [0.2, 0.25) is 5.91 Å². The third-order valence-corrected chi connectivity index (χ3v) is 2.39. The molecule has 1 heterocycles. The Morgan fingerprint density at radius 2 is 2.08 bits per heavy atom. The van der Waals surface area contributed by atoms with Crippen LogP contribution < -0.4 is 5.73 Å². The van der Waals surface area contributed by atoms with Crippen LogP contribution >= 0.6 is 0 Å². The Kier molecular flexibility index (Phi) is 2.96. The quantitative estimate of drug-likeness (QED) is 0.610. The Hall–Kier alpha value is -0.570. The zero-order valence-electron chi connectivity index (χ0n) is 8.84. The third kappa shape index (κ3) is 2.69. The minimum absolute atomic E-state index is 0.181. The van der Waals surface area contributed by atoms with Crippen LogP contribution in [0.25, 0.3) is 0 Å². The minimum atomic E-state index is -0.267. The molecule has 3 nitrogen and oxygen atoms in total. The molecule has 1 aliphatic rings. The maximum absolute atomic E-state index is 11.8. The highest BCUT2D eigenvalue weighted by Gasteiger charge is 2.29. The van der Waals surface area contributed by atoms with E-state index in [0.29, 0.717) is 0 Å². The number of rotatable bonds is 0. The van der Waals surface area contributed by atoms with E-state index in [-0.39, 0.29) is 17.4 Å². The van der Waals surface area contributed by atoms with E-state index in [9.17, 15) is 4.79 Å². The van der Waals surface area contributed by atoms with Crippen molar-refractivity contribution in [3.05, 3.63) is 0 Å². The topological polar surface area (TPSA) is 46.3 Å². The first-order chi connectivity index (χ1) is 5.91. The lowest BCUT2D eigenvalue weighted by molar-refractivity contribution is -0.140. The lowest BCUT2D eigenvalue weighted by Gasteiger charge is -2.35. The van der Waals surface area contributed by atoms with Crippen molar-refractivity contribution in [3.8, 4) is 0 Å². The molecule has 1 rings (SSSR count). The Balaban J connectivity index is 2.56. The molecule has 0 saturated carbocycles. The van der Waals surface area contributed by atoms with E-state index >= 15 is 0 Å². The van der Waals surface area contributed by atoms with Crippen LogP contribution in [0.5, 0.6) is 0 Å². The van der Waals surface area contributed by atoms with Crippen molar-refractivity contribution in [2.45, 2.75) is 39.7 Å². The van der Waals surface area contributed by atoms with E-state index in [2.05, 4.69) is 0 Å². The molecule has 0 aromatic heterocycles. The first kappa shape index (κ1) is 10.5. The van der Waals surface area contributed by atoms with Gasteiger partial charge in [0.25, 0.3) is 0 Å². The van der Waals surface area contributed by atoms with Gasteiger partial charge in [-0.15, -0.1) is 0 Å². The van der Waals surface area contributed by atoms with E-state index in [1.54, 1.807) is 0 Å². The number of hydrogen-bond donors (Lipinski definition) is 1. The molecular weight excluding hydrogens is 164 g/mol. The van der Waals surface area contributed by atoms with Crippen molar-refractivity contribution < 1.29 is 4.79 Å². The number of carbonyl (C=O) groups excluding carboxylic acids is 1. The van der Waals surface area contributed by atoms with E-state index in [4.69, 9.17) is 5.73 Å². The Labute approximate surface area is 80.3 Å². The molecule has 0 bridgehead atoms. The minimum Gasteiger partial charge on any atom is -0.341 e. The molecule has 0 spiro atoms. The third-order valence-electron chi connectivity index (χ3n) is 2.39. The second-order valence-corrected chi connectivity index (χ2v) is 4.90. The highest BCUT2D eigenvalue weighted by atomic mass is 16.2. The van der Waals surface area contributed by atoms with Crippen LogP contribution in [-0.2, 0) is 4.79 Å². The summed E-state index contributed by atoms with van der Waals surface area (Å²) in [5.41, 5.74) is 5.55. The predicted molar refractivity (Wildman–Crippen MR) is 53.2 cm³/mol. The Morgan fingerprint density at radius 1 is 1.46 bits per heavy atom. The molecule has 0 radical (unpaired) electrons. The largest absolute Gasteiger partial charge is 0.341 e. The zero-order chi connectivity index (χ0) is 10.1. The summed E-state index contributed by atoms with van der Waals surface area (Å²) in [7, 11) is 0. The van der Waals surface area contributed by atoms with Gasteiger partial charge >= 0.3 is 0 Å². The lowest BCUT2D eigenvalue weighted by atomic mass is 9.93. The average Bonchev–Trinajstić information content (AvgIpc) is 2.01. The second-order valence-electron chi connectivity index (χ2n) is 4.90. The molecular formula is C10H20N2O. The highest BCUT2D eigenvalue weighted by molar-refractivity contribution is 5.81. The summed E-state index contributed by atoms with van der Waals surface area (Å²) in [5, 5.41) is 0. The van der Waals surface area contributed by atoms with Gasteiger partial charge in [-0.3, -0.25) is 4.79 Å². The molecule has 1 aliphatic heterocycles. The summed E-state index contributed by atoms with van der Waals surface area (Å²) in [4.78, 5) is 13.7. The Morgan fingerprint density at radius 3 is 2.54 bits per heavy atom. The zero-order valence-corrected chi connectivity index (χ0v) is 8.84. The summed E-state index contributed by atoms with van der Waals surface area (Å²) in [5.74, 6) is 0.225. The molecule has 0 aromatic carbocycles. The summed E-state index contributed by atoms with van der Waals surface area (Å²) in [6.07, 6.45) is 2.09. The van der Waals surface area contributed by atoms with Crippen LogP contribution in [0, 0.1) is 5.41 Å². The van der Waals surface area contributed by atoms with E-state index in [1.807, 2.05) is 25.7 Å². The molecule has 0 aromatic rings. The first-order valence-corrected chi connectivity index (χ1v) is 4.96. The van der Waals surface area contributed by atoms with Gasteiger partial charge in [-0.2, -0.15) is 0 Å². The van der Waals surface area contributed by atoms with Crippen molar-refractivity contribution in [1.29, 1.82) is 0 Å². The smallest absolute Gasteiger partial charge is 0.227 e. The molecule has 76 valence electrons.